The van der Waals surface area contributed by atoms with Crippen LogP contribution < -0.4 is 5.32 Å². The number of carboxylic acid groups (broad SMARTS) is 1. The summed E-state index contributed by atoms with van der Waals surface area (Å²) in [6.45, 7) is 7.50. The van der Waals surface area contributed by atoms with Crippen molar-refractivity contribution in [3.05, 3.63) is 41.3 Å². The van der Waals surface area contributed by atoms with Gasteiger partial charge in [-0.1, -0.05) is 20.3 Å². The summed E-state index contributed by atoms with van der Waals surface area (Å²) in [4.78, 5) is 27.8. The number of aliphatic carboxylic acids is 1. The molecule has 2 heterocycles. The number of carbonyl (C=O) groups excluding carboxylic acids is 1. The van der Waals surface area contributed by atoms with E-state index in [0.29, 0.717) is 17.8 Å². The third-order valence-electron chi connectivity index (χ3n) is 4.00. The molecule has 0 saturated carbocycles. The Morgan fingerprint density at radius 1 is 1.33 bits per heavy atom. The zero-order valence-corrected chi connectivity index (χ0v) is 14.3. The highest BCUT2D eigenvalue weighted by atomic mass is 16.4. The minimum Gasteiger partial charge on any atom is -0.480 e. The molecule has 2 aromatic heterocycles. The van der Waals surface area contributed by atoms with Gasteiger partial charge in [-0.15, -0.1) is 0 Å². The molecule has 2 N–H and O–H groups in total. The first kappa shape index (κ1) is 17.7. The van der Waals surface area contributed by atoms with Crippen LogP contribution in [0, 0.1) is 19.8 Å². The van der Waals surface area contributed by atoms with Gasteiger partial charge in [0.1, 0.15) is 6.04 Å². The van der Waals surface area contributed by atoms with Crippen molar-refractivity contribution in [2.75, 3.05) is 0 Å². The molecule has 0 saturated heterocycles. The van der Waals surface area contributed by atoms with Crippen LogP contribution in [0.15, 0.2) is 24.4 Å². The number of carboxylic acids is 1. The molecule has 0 spiro atoms. The summed E-state index contributed by atoms with van der Waals surface area (Å²) in [5.74, 6) is -1.04. The standard InChI is InChI=1S/C17H22N4O3/c1-5-10(2)15(17(23)24)19-16(22)13-6-7-14(18-9-13)21-12(4)8-11(3)20-21/h6-10,15H,5H2,1-4H3,(H,19,22)(H,23,24)/t10-,15-/m0/s1. The van der Waals surface area contributed by atoms with Gasteiger partial charge in [-0.05, 0) is 38.0 Å². The van der Waals surface area contributed by atoms with Crippen molar-refractivity contribution in [3.8, 4) is 5.82 Å². The molecule has 0 aliphatic rings. The maximum atomic E-state index is 12.3. The number of rotatable bonds is 6. The lowest BCUT2D eigenvalue weighted by molar-refractivity contribution is -0.140. The van der Waals surface area contributed by atoms with Crippen LogP contribution >= 0.6 is 0 Å². The lowest BCUT2D eigenvalue weighted by Crippen LogP contribution is -2.45. The summed E-state index contributed by atoms with van der Waals surface area (Å²) in [5.41, 5.74) is 2.14. The molecule has 0 bridgehead atoms. The first-order valence-electron chi connectivity index (χ1n) is 7.86. The van der Waals surface area contributed by atoms with Gasteiger partial charge in [-0.3, -0.25) is 4.79 Å². The van der Waals surface area contributed by atoms with Crippen molar-refractivity contribution in [2.24, 2.45) is 5.92 Å². The molecule has 7 nitrogen and oxygen atoms in total. The molecule has 7 heteroatoms. The third-order valence-corrected chi connectivity index (χ3v) is 4.00. The molecule has 128 valence electrons. The molecule has 0 fully saturated rings. The highest BCUT2D eigenvalue weighted by Crippen LogP contribution is 2.12. The number of aromatic nitrogens is 3. The van der Waals surface area contributed by atoms with Crippen LogP contribution in [0.1, 0.15) is 42.0 Å². The Morgan fingerprint density at radius 2 is 2.04 bits per heavy atom. The number of nitrogens with one attached hydrogen (secondary N) is 1. The summed E-state index contributed by atoms with van der Waals surface area (Å²) in [6.07, 6.45) is 2.09. The van der Waals surface area contributed by atoms with E-state index in [4.69, 9.17) is 0 Å². The molecule has 0 aromatic carbocycles. The fourth-order valence-corrected chi connectivity index (χ4v) is 2.41. The first-order valence-corrected chi connectivity index (χ1v) is 7.86. The van der Waals surface area contributed by atoms with Crippen molar-refractivity contribution in [1.82, 2.24) is 20.1 Å². The van der Waals surface area contributed by atoms with E-state index in [1.807, 2.05) is 26.8 Å². The Bertz CT molecular complexity index is 737. The predicted octanol–water partition coefficient (Wildman–Crippen LogP) is 2.11. The quantitative estimate of drug-likeness (QED) is 0.845. The minimum atomic E-state index is -1.04. The minimum absolute atomic E-state index is 0.159. The van der Waals surface area contributed by atoms with Crippen LogP contribution in [0.5, 0.6) is 0 Å². The van der Waals surface area contributed by atoms with Crippen molar-refractivity contribution >= 4 is 11.9 Å². The van der Waals surface area contributed by atoms with Gasteiger partial charge in [0.2, 0.25) is 0 Å². The number of hydrogen-bond acceptors (Lipinski definition) is 4. The molecule has 0 aliphatic heterocycles. The molecule has 1 amide bonds. The number of carbonyl (C=O) groups is 2. The molecule has 0 aliphatic carbocycles. The number of aryl methyl sites for hydroxylation is 2. The third kappa shape index (κ3) is 3.79. The van der Waals surface area contributed by atoms with Crippen molar-refractivity contribution in [2.45, 2.75) is 40.2 Å². The van der Waals surface area contributed by atoms with E-state index in [-0.39, 0.29) is 5.92 Å². The van der Waals surface area contributed by atoms with Crippen LogP contribution in [0.2, 0.25) is 0 Å². The highest BCUT2D eigenvalue weighted by molar-refractivity contribution is 5.96. The molecule has 24 heavy (non-hydrogen) atoms. The summed E-state index contributed by atoms with van der Waals surface area (Å²) in [6, 6.07) is 4.32. The van der Waals surface area contributed by atoms with E-state index in [1.54, 1.807) is 23.7 Å². The zero-order chi connectivity index (χ0) is 17.9. The van der Waals surface area contributed by atoms with E-state index in [0.717, 1.165) is 11.4 Å². The van der Waals surface area contributed by atoms with Crippen molar-refractivity contribution < 1.29 is 14.7 Å². The van der Waals surface area contributed by atoms with E-state index in [9.17, 15) is 14.7 Å². The van der Waals surface area contributed by atoms with Crippen LogP contribution in [0.25, 0.3) is 5.82 Å². The van der Waals surface area contributed by atoms with Crippen LogP contribution in [-0.4, -0.2) is 37.8 Å². The van der Waals surface area contributed by atoms with E-state index in [1.165, 1.54) is 6.20 Å². The maximum Gasteiger partial charge on any atom is 0.326 e. The fourth-order valence-electron chi connectivity index (χ4n) is 2.41. The monoisotopic (exact) mass is 330 g/mol. The lowest BCUT2D eigenvalue weighted by Gasteiger charge is -2.20. The largest absolute Gasteiger partial charge is 0.480 e. The summed E-state index contributed by atoms with van der Waals surface area (Å²) < 4.78 is 1.69. The first-order chi connectivity index (χ1) is 11.3. The second kappa shape index (κ2) is 7.25. The van der Waals surface area contributed by atoms with E-state index < -0.39 is 17.9 Å². The Balaban J connectivity index is 2.16. The topological polar surface area (TPSA) is 97.1 Å². The fraction of sp³-hybridized carbons (Fsp3) is 0.412. The smallest absolute Gasteiger partial charge is 0.326 e. The van der Waals surface area contributed by atoms with E-state index in [2.05, 4.69) is 15.4 Å². The van der Waals surface area contributed by atoms with Gasteiger partial charge in [0.15, 0.2) is 5.82 Å². The second-order valence-corrected chi connectivity index (χ2v) is 5.92. The van der Waals surface area contributed by atoms with Crippen molar-refractivity contribution in [3.63, 3.8) is 0 Å². The van der Waals surface area contributed by atoms with Crippen molar-refractivity contribution in [1.29, 1.82) is 0 Å². The second-order valence-electron chi connectivity index (χ2n) is 5.92. The zero-order valence-electron chi connectivity index (χ0n) is 14.3. The molecular weight excluding hydrogens is 308 g/mol. The molecule has 2 atom stereocenters. The molecule has 0 radical (unpaired) electrons. The van der Waals surface area contributed by atoms with Gasteiger partial charge >= 0.3 is 5.97 Å². The van der Waals surface area contributed by atoms with Crippen LogP contribution in [0.3, 0.4) is 0 Å². The molecule has 2 rings (SSSR count). The average Bonchev–Trinajstić information content (AvgIpc) is 2.90. The Morgan fingerprint density at radius 3 is 2.50 bits per heavy atom. The number of hydrogen-bond donors (Lipinski definition) is 2. The lowest BCUT2D eigenvalue weighted by atomic mass is 9.99. The van der Waals surface area contributed by atoms with Gasteiger partial charge in [-0.25, -0.2) is 14.5 Å². The van der Waals surface area contributed by atoms with Gasteiger partial charge in [0, 0.05) is 11.9 Å². The van der Waals surface area contributed by atoms with Gasteiger partial charge in [-0.2, -0.15) is 5.10 Å². The maximum absolute atomic E-state index is 12.3. The highest BCUT2D eigenvalue weighted by Gasteiger charge is 2.25. The number of amides is 1. The van der Waals surface area contributed by atoms with Gasteiger partial charge in [0.25, 0.3) is 5.91 Å². The normalized spacial score (nSPS) is 13.3. The molecule has 0 unspecified atom stereocenters. The van der Waals surface area contributed by atoms with E-state index >= 15 is 0 Å². The average molecular weight is 330 g/mol. The molecular formula is C17H22N4O3. The predicted molar refractivity (Wildman–Crippen MR) is 89.2 cm³/mol. The Kier molecular flexibility index (Phi) is 5.33. The Labute approximate surface area is 140 Å². The Hall–Kier alpha value is -2.70. The summed E-state index contributed by atoms with van der Waals surface area (Å²) >= 11 is 0. The summed E-state index contributed by atoms with van der Waals surface area (Å²) in [5, 5.41) is 16.1. The van der Waals surface area contributed by atoms with Crippen LogP contribution in [-0.2, 0) is 4.79 Å². The van der Waals surface area contributed by atoms with Gasteiger partial charge < -0.3 is 10.4 Å². The summed E-state index contributed by atoms with van der Waals surface area (Å²) in [7, 11) is 0. The number of pyridine rings is 1. The van der Waals surface area contributed by atoms with Crippen LogP contribution in [0.4, 0.5) is 0 Å². The number of nitrogens with zero attached hydrogens (tertiary/aromatic N) is 3. The van der Waals surface area contributed by atoms with Gasteiger partial charge in [0.05, 0.1) is 11.3 Å². The SMILES string of the molecule is CC[C@H](C)[C@H](NC(=O)c1ccc(-n2nc(C)cc2C)nc1)C(=O)O. The molecule has 2 aromatic rings.